The van der Waals surface area contributed by atoms with Crippen molar-refractivity contribution in [2.75, 3.05) is 37.4 Å². The Kier molecular flexibility index (Phi) is 6.26. The lowest BCUT2D eigenvalue weighted by molar-refractivity contribution is -0.384. The zero-order valence-electron chi connectivity index (χ0n) is 14.8. The monoisotopic (exact) mass is 373 g/mol. The van der Waals surface area contributed by atoms with E-state index in [1.54, 1.807) is 37.2 Å². The van der Waals surface area contributed by atoms with Crippen molar-refractivity contribution in [3.63, 3.8) is 0 Å². The fourth-order valence-electron chi connectivity index (χ4n) is 2.45. The molecule has 0 saturated carbocycles. The lowest BCUT2D eigenvalue weighted by Crippen LogP contribution is -2.29. The van der Waals surface area contributed by atoms with Gasteiger partial charge in [-0.1, -0.05) is 12.1 Å². The molecular weight excluding hydrogens is 354 g/mol. The molecule has 0 aliphatic rings. The van der Waals surface area contributed by atoms with Crippen LogP contribution in [0.3, 0.4) is 0 Å². The SMILES string of the molecule is CN(C)c1ccc(C(=O)NCCNc2ccccc2[N+](=O)[O-])cc1[N+](=O)[O-]. The maximum Gasteiger partial charge on any atom is 0.293 e. The first kappa shape index (κ1) is 19.6. The fraction of sp³-hybridized carbons (Fsp3) is 0.235. The van der Waals surface area contributed by atoms with Gasteiger partial charge in [-0.2, -0.15) is 0 Å². The maximum absolute atomic E-state index is 12.2. The van der Waals surface area contributed by atoms with Gasteiger partial charge >= 0.3 is 0 Å². The van der Waals surface area contributed by atoms with E-state index in [1.807, 2.05) is 0 Å². The zero-order valence-corrected chi connectivity index (χ0v) is 14.8. The first-order valence-corrected chi connectivity index (χ1v) is 8.02. The first-order chi connectivity index (χ1) is 12.8. The molecule has 0 fully saturated rings. The number of hydrogen-bond donors (Lipinski definition) is 2. The summed E-state index contributed by atoms with van der Waals surface area (Å²) in [7, 11) is 3.35. The molecule has 142 valence electrons. The quantitative estimate of drug-likeness (QED) is 0.413. The van der Waals surface area contributed by atoms with Crippen LogP contribution >= 0.6 is 0 Å². The van der Waals surface area contributed by atoms with Gasteiger partial charge in [0, 0.05) is 44.9 Å². The van der Waals surface area contributed by atoms with Crippen LogP contribution in [0.5, 0.6) is 0 Å². The largest absolute Gasteiger partial charge is 0.378 e. The maximum atomic E-state index is 12.2. The van der Waals surface area contributed by atoms with Gasteiger partial charge in [0.25, 0.3) is 17.3 Å². The Hall–Kier alpha value is -3.69. The second-order valence-corrected chi connectivity index (χ2v) is 5.81. The van der Waals surface area contributed by atoms with Crippen LogP contribution in [-0.4, -0.2) is 42.9 Å². The number of benzene rings is 2. The molecule has 2 N–H and O–H groups in total. The molecule has 0 heterocycles. The number of nitrogens with one attached hydrogen (secondary N) is 2. The van der Waals surface area contributed by atoms with Crippen molar-refractivity contribution >= 4 is 28.7 Å². The van der Waals surface area contributed by atoms with Crippen LogP contribution < -0.4 is 15.5 Å². The summed E-state index contributed by atoms with van der Waals surface area (Å²) in [6.45, 7) is 0.447. The minimum absolute atomic E-state index is 0.0567. The molecule has 2 aromatic carbocycles. The third-order valence-electron chi connectivity index (χ3n) is 3.74. The molecule has 0 aliphatic heterocycles. The number of hydrogen-bond acceptors (Lipinski definition) is 7. The standard InChI is InChI=1S/C17H19N5O5/c1-20(2)15-8-7-12(11-16(15)22(26)27)17(23)19-10-9-18-13-5-3-4-6-14(13)21(24)25/h3-8,11,18H,9-10H2,1-2H3,(H,19,23). The Labute approximate surface area is 155 Å². The molecule has 0 saturated heterocycles. The normalized spacial score (nSPS) is 10.1. The molecule has 2 rings (SSSR count). The number of rotatable bonds is 8. The zero-order chi connectivity index (χ0) is 20.0. The molecule has 2 aromatic rings. The van der Waals surface area contributed by atoms with Gasteiger partial charge in [0.1, 0.15) is 11.4 Å². The minimum atomic E-state index is -0.539. The number of para-hydroxylation sites is 2. The Morgan fingerprint density at radius 3 is 2.30 bits per heavy atom. The van der Waals surface area contributed by atoms with E-state index in [-0.39, 0.29) is 30.0 Å². The van der Waals surface area contributed by atoms with Gasteiger partial charge in [-0.05, 0) is 18.2 Å². The molecule has 27 heavy (non-hydrogen) atoms. The number of nitro benzene ring substituents is 2. The molecule has 0 spiro atoms. The van der Waals surface area contributed by atoms with Crippen molar-refractivity contribution in [1.82, 2.24) is 5.32 Å². The van der Waals surface area contributed by atoms with Gasteiger partial charge in [0.05, 0.1) is 9.85 Å². The van der Waals surface area contributed by atoms with E-state index in [4.69, 9.17) is 0 Å². The van der Waals surface area contributed by atoms with E-state index in [2.05, 4.69) is 10.6 Å². The highest BCUT2D eigenvalue weighted by Gasteiger charge is 2.18. The summed E-state index contributed by atoms with van der Waals surface area (Å²) in [5.41, 5.74) is 0.694. The summed E-state index contributed by atoms with van der Waals surface area (Å²) < 4.78 is 0. The number of carbonyl (C=O) groups is 1. The number of nitrogens with zero attached hydrogens (tertiary/aromatic N) is 3. The molecule has 1 amide bonds. The first-order valence-electron chi connectivity index (χ1n) is 8.02. The van der Waals surface area contributed by atoms with Crippen LogP contribution in [0.1, 0.15) is 10.4 Å². The van der Waals surface area contributed by atoms with Crippen molar-refractivity contribution in [3.8, 4) is 0 Å². The molecule has 10 heteroatoms. The Morgan fingerprint density at radius 1 is 1.00 bits per heavy atom. The van der Waals surface area contributed by atoms with Crippen LogP contribution in [0.4, 0.5) is 22.7 Å². The molecule has 10 nitrogen and oxygen atoms in total. The molecule has 0 aromatic heterocycles. The number of carbonyl (C=O) groups excluding carboxylic acids is 1. The Balaban J connectivity index is 1.98. The van der Waals surface area contributed by atoms with Crippen molar-refractivity contribution in [1.29, 1.82) is 0 Å². The van der Waals surface area contributed by atoms with Crippen LogP contribution in [0.2, 0.25) is 0 Å². The van der Waals surface area contributed by atoms with Gasteiger partial charge in [-0.25, -0.2) is 0 Å². The molecule has 0 aliphatic carbocycles. The minimum Gasteiger partial charge on any atom is -0.378 e. The predicted molar refractivity (Wildman–Crippen MR) is 101 cm³/mol. The molecular formula is C17H19N5O5. The van der Waals surface area contributed by atoms with Crippen LogP contribution in [0.15, 0.2) is 42.5 Å². The number of nitro groups is 2. The van der Waals surface area contributed by atoms with E-state index in [1.165, 1.54) is 24.3 Å². The second-order valence-electron chi connectivity index (χ2n) is 5.81. The van der Waals surface area contributed by atoms with Crippen molar-refractivity contribution in [2.24, 2.45) is 0 Å². The number of anilines is 2. The molecule has 0 radical (unpaired) electrons. The van der Waals surface area contributed by atoms with Gasteiger partial charge < -0.3 is 15.5 Å². The van der Waals surface area contributed by atoms with E-state index < -0.39 is 15.8 Å². The van der Waals surface area contributed by atoms with Crippen LogP contribution in [0.25, 0.3) is 0 Å². The average molecular weight is 373 g/mol. The highest BCUT2D eigenvalue weighted by molar-refractivity contribution is 5.95. The summed E-state index contributed by atoms with van der Waals surface area (Å²) in [6.07, 6.45) is 0. The average Bonchev–Trinajstić information content (AvgIpc) is 2.64. The Morgan fingerprint density at radius 2 is 1.67 bits per heavy atom. The topological polar surface area (TPSA) is 131 Å². The van der Waals surface area contributed by atoms with E-state index in [9.17, 15) is 25.0 Å². The van der Waals surface area contributed by atoms with Crippen molar-refractivity contribution in [2.45, 2.75) is 0 Å². The summed E-state index contributed by atoms with van der Waals surface area (Å²) in [6, 6.07) is 10.4. The summed E-state index contributed by atoms with van der Waals surface area (Å²) in [5.74, 6) is -0.465. The molecule has 0 bridgehead atoms. The summed E-state index contributed by atoms with van der Waals surface area (Å²) >= 11 is 0. The van der Waals surface area contributed by atoms with E-state index >= 15 is 0 Å². The van der Waals surface area contributed by atoms with Crippen molar-refractivity contribution < 1.29 is 14.6 Å². The highest BCUT2D eigenvalue weighted by atomic mass is 16.6. The molecule has 0 atom stereocenters. The van der Waals surface area contributed by atoms with Gasteiger partial charge in [0.2, 0.25) is 0 Å². The second kappa shape index (κ2) is 8.61. The smallest absolute Gasteiger partial charge is 0.293 e. The predicted octanol–water partition coefficient (Wildman–Crippen LogP) is 2.41. The highest BCUT2D eigenvalue weighted by Crippen LogP contribution is 2.27. The fourth-order valence-corrected chi connectivity index (χ4v) is 2.45. The van der Waals surface area contributed by atoms with E-state index in [0.717, 1.165) is 0 Å². The summed E-state index contributed by atoms with van der Waals surface area (Å²) in [4.78, 5) is 34.9. The van der Waals surface area contributed by atoms with Gasteiger partial charge in [-0.15, -0.1) is 0 Å². The third-order valence-corrected chi connectivity index (χ3v) is 3.74. The molecule has 0 unspecified atom stereocenters. The summed E-state index contributed by atoms with van der Waals surface area (Å²) in [5, 5.41) is 27.6. The van der Waals surface area contributed by atoms with Gasteiger partial charge in [-0.3, -0.25) is 25.0 Å². The lowest BCUT2D eigenvalue weighted by Gasteiger charge is -2.13. The van der Waals surface area contributed by atoms with E-state index in [0.29, 0.717) is 11.4 Å². The lowest BCUT2D eigenvalue weighted by atomic mass is 10.1. The van der Waals surface area contributed by atoms with Gasteiger partial charge in [0.15, 0.2) is 0 Å². The Bertz CT molecular complexity index is 869. The number of amides is 1. The third kappa shape index (κ3) is 4.91. The van der Waals surface area contributed by atoms with Crippen LogP contribution in [-0.2, 0) is 0 Å². The van der Waals surface area contributed by atoms with Crippen molar-refractivity contribution in [3.05, 3.63) is 68.3 Å². The van der Waals surface area contributed by atoms with Crippen LogP contribution in [0, 0.1) is 20.2 Å².